The Morgan fingerprint density at radius 2 is 1.19 bits per heavy atom. The van der Waals surface area contributed by atoms with Crippen molar-refractivity contribution in [3.05, 3.63) is 0 Å². The van der Waals surface area contributed by atoms with Crippen molar-refractivity contribution in [2.45, 2.75) is 58.2 Å². The van der Waals surface area contributed by atoms with Gasteiger partial charge in [-0.25, -0.2) is 8.42 Å². The molecule has 0 aliphatic carbocycles. The van der Waals surface area contributed by atoms with E-state index < -0.39 is 40.1 Å². The van der Waals surface area contributed by atoms with Crippen LogP contribution in [0.2, 0.25) is 16.6 Å². The van der Waals surface area contributed by atoms with E-state index in [-0.39, 0.29) is 35.5 Å². The van der Waals surface area contributed by atoms with Crippen molar-refractivity contribution in [2.24, 2.45) is 0 Å². The van der Waals surface area contributed by atoms with Crippen LogP contribution in [-0.2, 0) is 24.1 Å². The molecule has 6 nitrogen and oxygen atoms in total. The normalized spacial score (nSPS) is 13.8. The zero-order valence-electron chi connectivity index (χ0n) is 13.0. The first-order valence-electron chi connectivity index (χ1n) is 6.63. The minimum absolute atomic E-state index is 0. The zero-order valence-corrected chi connectivity index (χ0v) is 15.6. The Morgan fingerprint density at radius 3 is 1.43 bits per heavy atom. The number of rotatable bonds is 8. The van der Waals surface area contributed by atoms with Crippen molar-refractivity contribution < 1.29 is 25.3 Å². The summed E-state index contributed by atoms with van der Waals surface area (Å²) in [6, 6.07) is 0. The predicted molar refractivity (Wildman–Crippen MR) is 89.5 cm³/mol. The monoisotopic (exact) mass is 354 g/mol. The fourth-order valence-corrected chi connectivity index (χ4v) is 12.8. The number of hydrogen-bond acceptors (Lipinski definition) is 5. The van der Waals surface area contributed by atoms with Crippen molar-refractivity contribution in [1.82, 2.24) is 0 Å². The first-order valence-corrected chi connectivity index (χ1v) is 12.0. The average molecular weight is 354 g/mol. The predicted octanol–water partition coefficient (Wildman–Crippen LogP) is 1.75. The SMILES string of the molecule is CC(C)[Si](OS(=O)(=O)CCS(=O)(=O)O)(C(C)C)C(C)C.[LiH]. The van der Waals surface area contributed by atoms with Gasteiger partial charge in [0.05, 0.1) is 11.5 Å². The van der Waals surface area contributed by atoms with E-state index in [1.54, 1.807) is 0 Å². The minimum atomic E-state index is -4.32. The van der Waals surface area contributed by atoms with Crippen LogP contribution in [0.5, 0.6) is 0 Å². The zero-order chi connectivity index (χ0) is 16.4. The van der Waals surface area contributed by atoms with Crippen LogP contribution in [0, 0.1) is 0 Å². The molecule has 0 aliphatic heterocycles. The fourth-order valence-electron chi connectivity index (χ4n) is 2.76. The van der Waals surface area contributed by atoms with Crippen LogP contribution in [-0.4, -0.2) is 60.1 Å². The van der Waals surface area contributed by atoms with Crippen LogP contribution in [0.3, 0.4) is 0 Å². The molecule has 0 unspecified atom stereocenters. The molecule has 21 heavy (non-hydrogen) atoms. The summed E-state index contributed by atoms with van der Waals surface area (Å²) >= 11 is 0. The molecule has 0 bridgehead atoms. The average Bonchev–Trinajstić information content (AvgIpc) is 2.21. The van der Waals surface area contributed by atoms with Crippen molar-refractivity contribution in [1.29, 1.82) is 0 Å². The van der Waals surface area contributed by atoms with Gasteiger partial charge in [0.25, 0.3) is 20.2 Å². The van der Waals surface area contributed by atoms with Crippen LogP contribution in [0.4, 0.5) is 0 Å². The van der Waals surface area contributed by atoms with Gasteiger partial charge in [-0.3, -0.25) is 4.55 Å². The van der Waals surface area contributed by atoms with Crippen LogP contribution in [0.25, 0.3) is 0 Å². The van der Waals surface area contributed by atoms with Gasteiger partial charge in [0, 0.05) is 0 Å². The Morgan fingerprint density at radius 1 is 0.857 bits per heavy atom. The molecule has 10 heteroatoms. The summed E-state index contributed by atoms with van der Waals surface area (Å²) < 4.78 is 59.7. The maximum absolute atomic E-state index is 12.0. The van der Waals surface area contributed by atoms with E-state index in [0.29, 0.717) is 0 Å². The van der Waals surface area contributed by atoms with E-state index >= 15 is 0 Å². The van der Waals surface area contributed by atoms with Gasteiger partial charge in [0.2, 0.25) is 8.32 Å². The molecular formula is C11H27LiO6S2Si. The molecule has 0 radical (unpaired) electrons. The summed E-state index contributed by atoms with van der Waals surface area (Å²) in [5.74, 6) is -1.55. The van der Waals surface area contributed by atoms with Gasteiger partial charge >= 0.3 is 18.9 Å². The summed E-state index contributed by atoms with van der Waals surface area (Å²) in [7, 11) is -10.9. The summed E-state index contributed by atoms with van der Waals surface area (Å²) in [6.45, 7) is 11.6. The van der Waals surface area contributed by atoms with Gasteiger partial charge in [-0.2, -0.15) is 8.42 Å². The molecule has 0 aromatic heterocycles. The molecule has 0 rings (SSSR count). The molecule has 0 aliphatic rings. The van der Waals surface area contributed by atoms with E-state index in [0.717, 1.165) is 0 Å². The second-order valence-electron chi connectivity index (χ2n) is 5.95. The van der Waals surface area contributed by atoms with Gasteiger partial charge in [-0.1, -0.05) is 41.5 Å². The molecule has 0 amide bonds. The van der Waals surface area contributed by atoms with Crippen molar-refractivity contribution in [2.75, 3.05) is 11.5 Å². The first kappa shape index (κ1) is 23.9. The van der Waals surface area contributed by atoms with Crippen LogP contribution in [0.1, 0.15) is 41.5 Å². The molecule has 0 atom stereocenters. The van der Waals surface area contributed by atoms with Crippen molar-refractivity contribution >= 4 is 47.4 Å². The van der Waals surface area contributed by atoms with E-state index in [1.165, 1.54) is 0 Å². The fraction of sp³-hybridized carbons (Fsp3) is 1.00. The molecule has 124 valence electrons. The molecule has 0 saturated carbocycles. The summed E-state index contributed by atoms with van der Waals surface area (Å²) in [6.07, 6.45) is 0. The van der Waals surface area contributed by atoms with Crippen LogP contribution < -0.4 is 0 Å². The van der Waals surface area contributed by atoms with E-state index in [4.69, 9.17) is 8.42 Å². The van der Waals surface area contributed by atoms with E-state index in [1.807, 2.05) is 41.5 Å². The number of hydrogen-bond donors (Lipinski definition) is 1. The molecule has 0 aromatic rings. The quantitative estimate of drug-likeness (QED) is 0.527. The summed E-state index contributed by atoms with van der Waals surface area (Å²) in [5, 5.41) is 0. The summed E-state index contributed by atoms with van der Waals surface area (Å²) in [4.78, 5) is 0. The summed E-state index contributed by atoms with van der Waals surface area (Å²) in [5.41, 5.74) is 0.217. The van der Waals surface area contributed by atoms with E-state index in [2.05, 4.69) is 0 Å². The van der Waals surface area contributed by atoms with E-state index in [9.17, 15) is 16.8 Å². The molecular weight excluding hydrogens is 327 g/mol. The molecule has 0 aromatic carbocycles. The molecule has 0 spiro atoms. The molecule has 1 N–H and O–H groups in total. The Balaban J connectivity index is 0. The van der Waals surface area contributed by atoms with Gasteiger partial charge in [0.1, 0.15) is 0 Å². The topological polar surface area (TPSA) is 97.7 Å². The third-order valence-corrected chi connectivity index (χ3v) is 12.8. The third kappa shape index (κ3) is 7.16. The van der Waals surface area contributed by atoms with Gasteiger partial charge in [0.15, 0.2) is 0 Å². The van der Waals surface area contributed by atoms with Crippen molar-refractivity contribution in [3.63, 3.8) is 0 Å². The second kappa shape index (κ2) is 8.48. The van der Waals surface area contributed by atoms with Gasteiger partial charge in [-0.15, -0.1) is 0 Å². The third-order valence-electron chi connectivity index (χ3n) is 3.57. The maximum atomic E-state index is 12.0. The Labute approximate surface area is 142 Å². The Bertz CT molecular complexity index is 491. The second-order valence-corrected chi connectivity index (χ2v) is 14.9. The first-order chi connectivity index (χ1) is 8.74. The molecule has 0 heterocycles. The Hall–Kier alpha value is 0.634. The van der Waals surface area contributed by atoms with Gasteiger partial charge in [-0.05, 0) is 16.6 Å². The van der Waals surface area contributed by atoms with Crippen molar-refractivity contribution in [3.8, 4) is 0 Å². The van der Waals surface area contributed by atoms with Crippen LogP contribution in [0.15, 0.2) is 0 Å². The standard InChI is InChI=1S/C11H26O6S2Si.Li.H/c1-9(2)20(10(3)4,11(5)6)17-19(15,16)8-7-18(12,13)14;;/h9-11H,7-8H2,1-6H3,(H,12,13,14);;. The van der Waals surface area contributed by atoms with Crippen LogP contribution >= 0.6 is 0 Å². The molecule has 0 saturated heterocycles. The molecule has 0 fully saturated rings. The van der Waals surface area contributed by atoms with Gasteiger partial charge < -0.3 is 3.87 Å². The Kier molecular flexibility index (Phi) is 9.64.